The Morgan fingerprint density at radius 1 is 1.30 bits per heavy atom. The number of thiophene rings is 1. The lowest BCUT2D eigenvalue weighted by molar-refractivity contribution is -0.0210. The van der Waals surface area contributed by atoms with Gasteiger partial charge in [0, 0.05) is 35.6 Å². The summed E-state index contributed by atoms with van der Waals surface area (Å²) in [6.07, 6.45) is 8.22. The molecule has 1 aromatic rings. The van der Waals surface area contributed by atoms with E-state index < -0.39 is 0 Å². The molecule has 3 heteroatoms. The molecular formula is C17H28N2S. The molecule has 1 aromatic heterocycles. The average Bonchev–Trinajstić information content (AvgIpc) is 2.98. The Morgan fingerprint density at radius 3 is 2.75 bits per heavy atom. The first kappa shape index (κ1) is 14.6. The van der Waals surface area contributed by atoms with Crippen molar-refractivity contribution in [2.75, 3.05) is 13.1 Å². The number of nitrogens with one attached hydrogen (secondary N) is 1. The Labute approximate surface area is 127 Å². The highest BCUT2D eigenvalue weighted by molar-refractivity contribution is 7.09. The minimum absolute atomic E-state index is 0.292. The third-order valence-electron chi connectivity index (χ3n) is 5.55. The van der Waals surface area contributed by atoms with Crippen LogP contribution in [-0.4, -0.2) is 29.1 Å². The van der Waals surface area contributed by atoms with Crippen LogP contribution in [0.15, 0.2) is 17.5 Å². The van der Waals surface area contributed by atoms with Crippen molar-refractivity contribution in [2.24, 2.45) is 0 Å². The molecule has 0 aromatic carbocycles. The molecule has 2 heterocycles. The van der Waals surface area contributed by atoms with Crippen LogP contribution in [0, 0.1) is 0 Å². The van der Waals surface area contributed by atoms with Crippen molar-refractivity contribution in [2.45, 2.75) is 70.0 Å². The normalized spacial score (nSPS) is 30.7. The van der Waals surface area contributed by atoms with Crippen LogP contribution < -0.4 is 5.32 Å². The summed E-state index contributed by atoms with van der Waals surface area (Å²) < 4.78 is 0. The molecule has 1 spiro atoms. The van der Waals surface area contributed by atoms with E-state index in [1.165, 1.54) is 56.5 Å². The maximum Gasteiger partial charge on any atom is 0.0338 e. The molecule has 1 saturated heterocycles. The highest BCUT2D eigenvalue weighted by atomic mass is 32.1. The van der Waals surface area contributed by atoms with Crippen LogP contribution in [0.4, 0.5) is 0 Å². The van der Waals surface area contributed by atoms with Crippen molar-refractivity contribution in [3.8, 4) is 0 Å². The fraction of sp³-hybridized carbons (Fsp3) is 0.765. The summed E-state index contributed by atoms with van der Waals surface area (Å²) in [6, 6.07) is 4.49. The first-order valence-electron chi connectivity index (χ1n) is 8.18. The lowest BCUT2D eigenvalue weighted by atomic mass is 9.76. The Hall–Kier alpha value is -0.380. The molecule has 0 radical (unpaired) electrons. The number of nitrogens with zero attached hydrogens (tertiary/aromatic N) is 1. The van der Waals surface area contributed by atoms with Gasteiger partial charge in [0.2, 0.25) is 0 Å². The Bertz CT molecular complexity index is 422. The molecule has 1 saturated carbocycles. The van der Waals surface area contributed by atoms with Crippen LogP contribution in [0.2, 0.25) is 0 Å². The van der Waals surface area contributed by atoms with Gasteiger partial charge in [-0.05, 0) is 37.6 Å². The largest absolute Gasteiger partial charge is 0.308 e. The van der Waals surface area contributed by atoms with Crippen LogP contribution in [0.25, 0.3) is 0 Å². The van der Waals surface area contributed by atoms with Gasteiger partial charge in [0.15, 0.2) is 0 Å². The van der Waals surface area contributed by atoms with Crippen molar-refractivity contribution < 1.29 is 0 Å². The van der Waals surface area contributed by atoms with Gasteiger partial charge in [-0.15, -0.1) is 11.3 Å². The van der Waals surface area contributed by atoms with Crippen LogP contribution in [0.5, 0.6) is 0 Å². The van der Waals surface area contributed by atoms with Crippen molar-refractivity contribution in [3.05, 3.63) is 22.4 Å². The first-order valence-corrected chi connectivity index (χ1v) is 9.06. The van der Waals surface area contributed by atoms with E-state index in [0.717, 1.165) is 6.54 Å². The van der Waals surface area contributed by atoms with E-state index in [0.29, 0.717) is 11.1 Å². The summed E-state index contributed by atoms with van der Waals surface area (Å²) in [5, 5.41) is 6.09. The van der Waals surface area contributed by atoms with Gasteiger partial charge in [-0.25, -0.2) is 0 Å². The smallest absolute Gasteiger partial charge is 0.0338 e. The lowest BCUT2D eigenvalue weighted by Gasteiger charge is -2.55. The molecule has 1 atom stereocenters. The average molecular weight is 292 g/mol. The maximum atomic E-state index is 3.88. The van der Waals surface area contributed by atoms with Crippen LogP contribution >= 0.6 is 11.3 Å². The molecule has 2 fully saturated rings. The van der Waals surface area contributed by atoms with E-state index in [-0.39, 0.29) is 0 Å². The first-order chi connectivity index (χ1) is 9.66. The molecule has 1 aliphatic heterocycles. The van der Waals surface area contributed by atoms with Crippen LogP contribution in [0.3, 0.4) is 0 Å². The maximum absolute atomic E-state index is 3.88. The fourth-order valence-electron chi connectivity index (χ4n) is 3.89. The quantitative estimate of drug-likeness (QED) is 0.905. The summed E-state index contributed by atoms with van der Waals surface area (Å²) in [5.41, 5.74) is 0.719. The van der Waals surface area contributed by atoms with Crippen molar-refractivity contribution >= 4 is 11.3 Å². The zero-order valence-corrected chi connectivity index (χ0v) is 13.8. The summed E-state index contributed by atoms with van der Waals surface area (Å²) in [7, 11) is 0. The molecule has 112 valence electrons. The van der Waals surface area contributed by atoms with E-state index in [1.54, 1.807) is 0 Å². The molecule has 1 N–H and O–H groups in total. The lowest BCUT2D eigenvalue weighted by Crippen LogP contribution is -2.69. The van der Waals surface area contributed by atoms with Gasteiger partial charge in [0.25, 0.3) is 0 Å². The van der Waals surface area contributed by atoms with E-state index in [1.807, 2.05) is 11.3 Å². The molecule has 2 nitrogen and oxygen atoms in total. The minimum atomic E-state index is 0.292. The Morgan fingerprint density at radius 2 is 2.10 bits per heavy atom. The molecule has 1 unspecified atom stereocenters. The predicted octanol–water partition coefficient (Wildman–Crippen LogP) is 4.02. The number of hydrogen-bond acceptors (Lipinski definition) is 3. The topological polar surface area (TPSA) is 15.3 Å². The van der Waals surface area contributed by atoms with Gasteiger partial charge in [0.05, 0.1) is 0 Å². The Kier molecular flexibility index (Phi) is 4.21. The standard InChI is InChI=1S/C17H28N2S/c1-3-16(2)14-19(12-15-8-7-11-20-15)17(13-18-16)9-5-4-6-10-17/h7-8,11,18H,3-6,9-10,12-14H2,1-2H3. The molecule has 1 aliphatic carbocycles. The summed E-state index contributed by atoms with van der Waals surface area (Å²) >= 11 is 1.91. The van der Waals surface area contributed by atoms with Gasteiger partial charge in [-0.3, -0.25) is 4.90 Å². The van der Waals surface area contributed by atoms with Gasteiger partial charge in [-0.1, -0.05) is 32.3 Å². The van der Waals surface area contributed by atoms with Gasteiger partial charge in [0.1, 0.15) is 0 Å². The minimum Gasteiger partial charge on any atom is -0.308 e. The van der Waals surface area contributed by atoms with Crippen LogP contribution in [-0.2, 0) is 6.54 Å². The second kappa shape index (κ2) is 5.78. The van der Waals surface area contributed by atoms with Crippen molar-refractivity contribution in [1.82, 2.24) is 10.2 Å². The predicted molar refractivity (Wildman–Crippen MR) is 87.2 cm³/mol. The van der Waals surface area contributed by atoms with E-state index >= 15 is 0 Å². The molecule has 2 aliphatic rings. The zero-order chi connectivity index (χ0) is 14.1. The number of hydrogen-bond donors (Lipinski definition) is 1. The fourth-order valence-corrected chi connectivity index (χ4v) is 4.61. The van der Waals surface area contributed by atoms with Gasteiger partial charge >= 0.3 is 0 Å². The highest BCUT2D eigenvalue weighted by Gasteiger charge is 2.45. The van der Waals surface area contributed by atoms with E-state index in [2.05, 4.69) is 41.6 Å². The van der Waals surface area contributed by atoms with Crippen molar-refractivity contribution in [1.29, 1.82) is 0 Å². The molecular weight excluding hydrogens is 264 g/mol. The third kappa shape index (κ3) is 2.81. The highest BCUT2D eigenvalue weighted by Crippen LogP contribution is 2.38. The second-order valence-corrected chi connectivity index (χ2v) is 8.02. The van der Waals surface area contributed by atoms with E-state index in [9.17, 15) is 0 Å². The second-order valence-electron chi connectivity index (χ2n) is 6.99. The SMILES string of the molecule is CCC1(C)CN(Cc2cccs2)C2(CCCCC2)CN1. The molecule has 20 heavy (non-hydrogen) atoms. The third-order valence-corrected chi connectivity index (χ3v) is 6.41. The summed E-state index contributed by atoms with van der Waals surface area (Å²) in [4.78, 5) is 4.34. The Balaban J connectivity index is 1.81. The zero-order valence-electron chi connectivity index (χ0n) is 13.0. The number of rotatable bonds is 3. The van der Waals surface area contributed by atoms with Crippen LogP contribution in [0.1, 0.15) is 57.2 Å². The molecule has 0 bridgehead atoms. The molecule has 0 amide bonds. The monoisotopic (exact) mass is 292 g/mol. The van der Waals surface area contributed by atoms with Gasteiger partial charge < -0.3 is 5.32 Å². The van der Waals surface area contributed by atoms with Gasteiger partial charge in [-0.2, -0.15) is 0 Å². The number of piperazine rings is 1. The summed E-state index contributed by atoms with van der Waals surface area (Å²) in [6.45, 7) is 8.23. The summed E-state index contributed by atoms with van der Waals surface area (Å²) in [5.74, 6) is 0. The van der Waals surface area contributed by atoms with Crippen molar-refractivity contribution in [3.63, 3.8) is 0 Å². The van der Waals surface area contributed by atoms with E-state index in [4.69, 9.17) is 0 Å². The molecule has 3 rings (SSSR count).